The molecule has 270 valence electrons. The molecule has 0 bridgehead atoms. The normalized spacial score (nSPS) is 11.6. The number of hydrogen-bond donors (Lipinski definition) is 1. The Labute approximate surface area is 280 Å². The Kier molecular flexibility index (Phi) is 32.6. The lowest BCUT2D eigenvalue weighted by molar-refractivity contribution is -0.167. The quantitative estimate of drug-likeness (QED) is 0.0411. The molecular formula is C37H68O9. The predicted molar refractivity (Wildman–Crippen MR) is 181 cm³/mol. The van der Waals surface area contributed by atoms with Gasteiger partial charge in [0.25, 0.3) is 0 Å². The number of carbonyl (C=O) groups excluding carboxylic acids is 4. The summed E-state index contributed by atoms with van der Waals surface area (Å²) in [5, 5.41) is 8.72. The standard InChI is InChI=1S/C37H68O9/c1-3-5-7-9-11-13-15-17-19-21-23-25-34(39)44-31-33(32-45-36(41)28-27-35(40)43-30-29-38)46-37(42)26-24-22-20-18-16-14-12-10-8-6-4-2/h33,38H,3-32H2,1-2H3. The summed E-state index contributed by atoms with van der Waals surface area (Å²) in [6.45, 7) is 3.59. The Morgan fingerprint density at radius 1 is 0.435 bits per heavy atom. The highest BCUT2D eigenvalue weighted by Gasteiger charge is 2.20. The van der Waals surface area contributed by atoms with E-state index in [0.717, 1.165) is 38.5 Å². The molecule has 0 fully saturated rings. The number of rotatable bonds is 34. The molecule has 1 N–H and O–H groups in total. The summed E-state index contributed by atoms with van der Waals surface area (Å²) in [6.07, 6.45) is 25.3. The number of esters is 4. The smallest absolute Gasteiger partial charge is 0.306 e. The minimum Gasteiger partial charge on any atom is -0.463 e. The number of carbonyl (C=O) groups is 4. The molecule has 0 aromatic rings. The van der Waals surface area contributed by atoms with Gasteiger partial charge in [0.05, 0.1) is 19.4 Å². The summed E-state index contributed by atoms with van der Waals surface area (Å²) >= 11 is 0. The molecule has 0 aromatic heterocycles. The van der Waals surface area contributed by atoms with E-state index in [1.54, 1.807) is 0 Å². The number of aliphatic hydroxyl groups is 1. The van der Waals surface area contributed by atoms with Crippen molar-refractivity contribution in [3.8, 4) is 0 Å². The third-order valence-electron chi connectivity index (χ3n) is 8.02. The van der Waals surface area contributed by atoms with Crippen LogP contribution < -0.4 is 0 Å². The van der Waals surface area contributed by atoms with Crippen LogP contribution in [-0.4, -0.2) is 61.5 Å². The maximum atomic E-state index is 12.5. The van der Waals surface area contributed by atoms with Crippen molar-refractivity contribution in [2.45, 2.75) is 187 Å². The fraction of sp³-hybridized carbons (Fsp3) is 0.892. The van der Waals surface area contributed by atoms with E-state index in [1.807, 2.05) is 0 Å². The van der Waals surface area contributed by atoms with Crippen LogP contribution in [0.5, 0.6) is 0 Å². The minimum atomic E-state index is -0.910. The van der Waals surface area contributed by atoms with Crippen molar-refractivity contribution in [3.63, 3.8) is 0 Å². The van der Waals surface area contributed by atoms with Gasteiger partial charge in [-0.3, -0.25) is 19.2 Å². The first kappa shape index (κ1) is 43.8. The second kappa shape index (κ2) is 34.2. The van der Waals surface area contributed by atoms with E-state index in [4.69, 9.17) is 24.1 Å². The van der Waals surface area contributed by atoms with Gasteiger partial charge >= 0.3 is 23.9 Å². The van der Waals surface area contributed by atoms with Crippen LogP contribution in [0.3, 0.4) is 0 Å². The molecule has 46 heavy (non-hydrogen) atoms. The monoisotopic (exact) mass is 656 g/mol. The van der Waals surface area contributed by atoms with Crippen LogP contribution in [-0.2, 0) is 38.1 Å². The summed E-state index contributed by atoms with van der Waals surface area (Å²) in [4.78, 5) is 48.6. The maximum Gasteiger partial charge on any atom is 0.306 e. The zero-order valence-electron chi connectivity index (χ0n) is 29.5. The summed E-state index contributed by atoms with van der Waals surface area (Å²) < 4.78 is 20.8. The van der Waals surface area contributed by atoms with E-state index in [0.29, 0.717) is 6.42 Å². The topological polar surface area (TPSA) is 125 Å². The fourth-order valence-corrected chi connectivity index (χ4v) is 5.18. The molecule has 0 aliphatic rings. The third kappa shape index (κ3) is 31.8. The second-order valence-electron chi connectivity index (χ2n) is 12.5. The molecule has 9 heteroatoms. The van der Waals surface area contributed by atoms with Crippen molar-refractivity contribution in [2.75, 3.05) is 26.4 Å². The number of unbranched alkanes of at least 4 members (excludes halogenated alkanes) is 20. The van der Waals surface area contributed by atoms with Crippen LogP contribution in [0.2, 0.25) is 0 Å². The van der Waals surface area contributed by atoms with Crippen LogP contribution in [0.25, 0.3) is 0 Å². The number of aliphatic hydroxyl groups excluding tert-OH is 1. The molecule has 0 radical (unpaired) electrons. The van der Waals surface area contributed by atoms with Gasteiger partial charge in [-0.15, -0.1) is 0 Å². The predicted octanol–water partition coefficient (Wildman–Crippen LogP) is 8.70. The molecule has 0 rings (SSSR count). The highest BCUT2D eigenvalue weighted by atomic mass is 16.6. The number of hydrogen-bond acceptors (Lipinski definition) is 9. The maximum absolute atomic E-state index is 12.5. The average Bonchev–Trinajstić information content (AvgIpc) is 3.05. The van der Waals surface area contributed by atoms with Crippen LogP contribution >= 0.6 is 0 Å². The van der Waals surface area contributed by atoms with Gasteiger partial charge < -0.3 is 24.1 Å². The first-order chi connectivity index (χ1) is 22.4. The van der Waals surface area contributed by atoms with Gasteiger partial charge in [-0.2, -0.15) is 0 Å². The zero-order valence-corrected chi connectivity index (χ0v) is 29.5. The Morgan fingerprint density at radius 3 is 1.15 bits per heavy atom. The Morgan fingerprint density at radius 2 is 0.761 bits per heavy atom. The molecule has 1 atom stereocenters. The molecule has 0 amide bonds. The Bertz CT molecular complexity index is 740. The van der Waals surface area contributed by atoms with E-state index >= 15 is 0 Å². The van der Waals surface area contributed by atoms with Crippen molar-refractivity contribution < 1.29 is 43.2 Å². The van der Waals surface area contributed by atoms with Gasteiger partial charge in [0.1, 0.15) is 19.8 Å². The van der Waals surface area contributed by atoms with E-state index in [2.05, 4.69) is 13.8 Å². The molecular weight excluding hydrogens is 588 g/mol. The molecule has 0 aromatic carbocycles. The summed E-state index contributed by atoms with van der Waals surface area (Å²) in [6, 6.07) is 0. The SMILES string of the molecule is CCCCCCCCCCCCCC(=O)OCC(COC(=O)CCC(=O)OCCO)OC(=O)CCCCCCCCCCCCC. The molecule has 0 saturated heterocycles. The van der Waals surface area contributed by atoms with Crippen LogP contribution in [0.1, 0.15) is 181 Å². The summed E-state index contributed by atoms with van der Waals surface area (Å²) in [5.41, 5.74) is 0. The van der Waals surface area contributed by atoms with Gasteiger partial charge in [0, 0.05) is 12.8 Å². The van der Waals surface area contributed by atoms with Crippen LogP contribution in [0.15, 0.2) is 0 Å². The highest BCUT2D eigenvalue weighted by Crippen LogP contribution is 2.14. The van der Waals surface area contributed by atoms with Crippen molar-refractivity contribution >= 4 is 23.9 Å². The summed E-state index contributed by atoms with van der Waals surface area (Å²) in [7, 11) is 0. The molecule has 0 spiro atoms. The van der Waals surface area contributed by atoms with E-state index in [1.165, 1.54) is 103 Å². The molecule has 0 aliphatic heterocycles. The van der Waals surface area contributed by atoms with Crippen LogP contribution in [0.4, 0.5) is 0 Å². The van der Waals surface area contributed by atoms with Gasteiger partial charge in [0.2, 0.25) is 0 Å². The summed E-state index contributed by atoms with van der Waals surface area (Å²) in [5.74, 6) is -2.04. The van der Waals surface area contributed by atoms with Crippen molar-refractivity contribution in [2.24, 2.45) is 0 Å². The molecule has 0 saturated carbocycles. The van der Waals surface area contributed by atoms with Crippen molar-refractivity contribution in [1.82, 2.24) is 0 Å². The zero-order chi connectivity index (χ0) is 33.9. The largest absolute Gasteiger partial charge is 0.463 e. The molecule has 0 aliphatic carbocycles. The fourth-order valence-electron chi connectivity index (χ4n) is 5.18. The molecule has 0 heterocycles. The lowest BCUT2D eigenvalue weighted by atomic mass is 10.1. The Hall–Kier alpha value is -2.16. The second-order valence-corrected chi connectivity index (χ2v) is 12.5. The van der Waals surface area contributed by atoms with Gasteiger partial charge in [-0.05, 0) is 12.8 Å². The minimum absolute atomic E-state index is 0.129. The number of ether oxygens (including phenoxy) is 4. The van der Waals surface area contributed by atoms with Gasteiger partial charge in [0.15, 0.2) is 6.10 Å². The third-order valence-corrected chi connectivity index (χ3v) is 8.02. The van der Waals surface area contributed by atoms with E-state index in [-0.39, 0.29) is 51.7 Å². The van der Waals surface area contributed by atoms with E-state index in [9.17, 15) is 19.2 Å². The van der Waals surface area contributed by atoms with E-state index < -0.39 is 24.0 Å². The first-order valence-corrected chi connectivity index (χ1v) is 18.7. The molecule has 1 unspecified atom stereocenters. The first-order valence-electron chi connectivity index (χ1n) is 18.7. The lowest BCUT2D eigenvalue weighted by Gasteiger charge is -2.18. The van der Waals surface area contributed by atoms with Crippen molar-refractivity contribution in [3.05, 3.63) is 0 Å². The highest BCUT2D eigenvalue weighted by molar-refractivity contribution is 5.77. The lowest BCUT2D eigenvalue weighted by Crippen LogP contribution is -2.31. The van der Waals surface area contributed by atoms with Gasteiger partial charge in [-0.1, -0.05) is 142 Å². The van der Waals surface area contributed by atoms with Gasteiger partial charge in [-0.25, -0.2) is 0 Å². The average molecular weight is 657 g/mol. The Balaban J connectivity index is 4.35. The molecule has 9 nitrogen and oxygen atoms in total. The van der Waals surface area contributed by atoms with Crippen LogP contribution in [0, 0.1) is 0 Å². The van der Waals surface area contributed by atoms with Crippen molar-refractivity contribution in [1.29, 1.82) is 0 Å².